The molecule has 1 aromatic heterocycles. The Morgan fingerprint density at radius 3 is 2.65 bits per heavy atom. The van der Waals surface area contributed by atoms with Gasteiger partial charge in [0.25, 0.3) is 0 Å². The first-order valence-electron chi connectivity index (χ1n) is 6.36. The molecule has 2 heterocycles. The van der Waals surface area contributed by atoms with Gasteiger partial charge < -0.3 is 4.74 Å². The summed E-state index contributed by atoms with van der Waals surface area (Å²) in [5.41, 5.74) is 2.21. The zero-order chi connectivity index (χ0) is 13.8. The van der Waals surface area contributed by atoms with Crippen LogP contribution in [0.2, 0.25) is 5.15 Å². The normalized spacial score (nSPS) is 17.6. The van der Waals surface area contributed by atoms with Crippen LogP contribution in [0.1, 0.15) is 5.56 Å². The number of halogens is 1. The van der Waals surface area contributed by atoms with Gasteiger partial charge in [-0.2, -0.15) is 4.37 Å². The third-order valence-electron chi connectivity index (χ3n) is 3.09. The van der Waals surface area contributed by atoms with Gasteiger partial charge in [-0.25, -0.2) is 4.99 Å². The third-order valence-corrected chi connectivity index (χ3v) is 5.26. The number of hydrogen-bond donors (Lipinski definition) is 0. The van der Waals surface area contributed by atoms with Crippen LogP contribution in [0, 0.1) is 0 Å². The highest BCUT2D eigenvalue weighted by molar-refractivity contribution is 7.66. The molecule has 0 amide bonds. The van der Waals surface area contributed by atoms with E-state index in [1.165, 1.54) is 26.4 Å². The quantitative estimate of drug-likeness (QED) is 0.813. The summed E-state index contributed by atoms with van der Waals surface area (Å²) in [6, 6.07) is 8.28. The molecule has 7 heteroatoms. The predicted octanol–water partition coefficient (Wildman–Crippen LogP) is 2.92. The molecule has 1 aliphatic rings. The molecule has 0 radical (unpaired) electrons. The Hall–Kier alpha value is -0.790. The monoisotopic (exact) mass is 327 g/mol. The largest absolute Gasteiger partial charge is 0.379 e. The number of hydrogen-bond acceptors (Lipinski definition) is 6. The third kappa shape index (κ3) is 3.65. The minimum atomic E-state index is 0.484. The van der Waals surface area contributed by atoms with E-state index in [1.807, 2.05) is 12.1 Å². The minimum Gasteiger partial charge on any atom is -0.379 e. The molecular weight excluding hydrogens is 314 g/mol. The highest BCUT2D eigenvalue weighted by Gasteiger charge is 2.10. The Morgan fingerprint density at radius 2 is 2.00 bits per heavy atom. The number of morpholine rings is 1. The Labute approximate surface area is 129 Å². The van der Waals surface area contributed by atoms with E-state index in [1.54, 1.807) is 0 Å². The van der Waals surface area contributed by atoms with Crippen LogP contribution in [0.15, 0.2) is 29.3 Å². The summed E-state index contributed by atoms with van der Waals surface area (Å²) >= 11 is 5.95. The van der Waals surface area contributed by atoms with Crippen molar-refractivity contribution in [3.63, 3.8) is 0 Å². The molecule has 0 aliphatic carbocycles. The van der Waals surface area contributed by atoms with E-state index in [9.17, 15) is 0 Å². The molecule has 2 aromatic rings. The molecular formula is C13H14ClN3OS2. The number of rotatable bonds is 3. The lowest BCUT2D eigenvalue weighted by atomic mass is 10.2. The van der Waals surface area contributed by atoms with Crippen LogP contribution in [-0.2, 0) is 11.3 Å². The second kappa shape index (κ2) is 6.78. The van der Waals surface area contributed by atoms with Gasteiger partial charge in [-0.15, -0.1) is 0 Å². The Kier molecular flexibility index (Phi) is 4.80. The van der Waals surface area contributed by atoms with E-state index in [2.05, 4.69) is 26.4 Å². The van der Waals surface area contributed by atoms with Crippen LogP contribution in [-0.4, -0.2) is 35.6 Å². The van der Waals surface area contributed by atoms with Crippen LogP contribution in [0.25, 0.3) is 0 Å². The fourth-order valence-corrected chi connectivity index (χ4v) is 4.03. The van der Waals surface area contributed by atoms with E-state index in [4.69, 9.17) is 16.3 Å². The molecule has 1 saturated heterocycles. The van der Waals surface area contributed by atoms with E-state index in [0.29, 0.717) is 5.15 Å². The summed E-state index contributed by atoms with van der Waals surface area (Å²) in [6.45, 7) is 4.64. The van der Waals surface area contributed by atoms with Crippen molar-refractivity contribution in [2.45, 2.75) is 6.54 Å². The van der Waals surface area contributed by atoms with Crippen molar-refractivity contribution in [3.05, 3.63) is 39.7 Å². The lowest BCUT2D eigenvalue weighted by Gasteiger charge is -2.26. The first-order chi connectivity index (χ1) is 9.81. The summed E-state index contributed by atoms with van der Waals surface area (Å²) in [5, 5.41) is 0.484. The summed E-state index contributed by atoms with van der Waals surface area (Å²) < 4.78 is 10.2. The van der Waals surface area contributed by atoms with Crippen molar-refractivity contribution in [2.75, 3.05) is 26.3 Å². The zero-order valence-corrected chi connectivity index (χ0v) is 13.2. The second-order valence-electron chi connectivity index (χ2n) is 4.51. The average molecular weight is 328 g/mol. The maximum Gasteiger partial charge on any atom is 0.179 e. The molecule has 0 atom stereocenters. The van der Waals surface area contributed by atoms with Gasteiger partial charge in [0.1, 0.15) is 0 Å². The number of ether oxygens (including phenoxy) is 1. The number of nitrogens with zero attached hydrogens (tertiary/aromatic N) is 3. The van der Waals surface area contributed by atoms with Crippen LogP contribution >= 0.6 is 32.5 Å². The maximum atomic E-state index is 5.95. The SMILES string of the molecule is Clc1nssc1=Nc1ccc(CN2CCOCC2)cc1. The second-order valence-corrected chi connectivity index (χ2v) is 6.70. The molecule has 1 aliphatic heterocycles. The van der Waals surface area contributed by atoms with Gasteiger partial charge in [-0.3, -0.25) is 4.90 Å². The van der Waals surface area contributed by atoms with Crippen LogP contribution in [0.5, 0.6) is 0 Å². The van der Waals surface area contributed by atoms with Gasteiger partial charge in [0.05, 0.1) is 18.9 Å². The first kappa shape index (κ1) is 14.2. The minimum absolute atomic E-state index is 0.484. The molecule has 4 nitrogen and oxygen atoms in total. The van der Waals surface area contributed by atoms with E-state index in [0.717, 1.165) is 43.2 Å². The molecule has 0 unspecified atom stereocenters. The van der Waals surface area contributed by atoms with E-state index >= 15 is 0 Å². The Morgan fingerprint density at radius 1 is 1.25 bits per heavy atom. The van der Waals surface area contributed by atoms with Gasteiger partial charge in [0.15, 0.2) is 9.82 Å². The molecule has 0 bridgehead atoms. The fourth-order valence-electron chi connectivity index (χ4n) is 2.04. The molecule has 0 spiro atoms. The van der Waals surface area contributed by atoms with Gasteiger partial charge in [0.2, 0.25) is 0 Å². The molecule has 0 N–H and O–H groups in total. The van der Waals surface area contributed by atoms with Gasteiger partial charge >= 0.3 is 0 Å². The molecule has 0 saturated carbocycles. The molecule has 3 rings (SSSR count). The van der Waals surface area contributed by atoms with Gasteiger partial charge in [0, 0.05) is 30.2 Å². The first-order valence-corrected chi connectivity index (χ1v) is 8.85. The van der Waals surface area contributed by atoms with Gasteiger partial charge in [-0.05, 0) is 28.0 Å². The smallest absolute Gasteiger partial charge is 0.179 e. The predicted molar refractivity (Wildman–Crippen MR) is 82.8 cm³/mol. The zero-order valence-electron chi connectivity index (χ0n) is 10.8. The molecule has 1 aromatic carbocycles. The number of benzene rings is 1. The lowest BCUT2D eigenvalue weighted by molar-refractivity contribution is 0.0342. The average Bonchev–Trinajstić information content (AvgIpc) is 2.88. The maximum absolute atomic E-state index is 5.95. The summed E-state index contributed by atoms with van der Waals surface area (Å²) in [6.07, 6.45) is 0. The van der Waals surface area contributed by atoms with Gasteiger partial charge in [-0.1, -0.05) is 23.7 Å². The van der Waals surface area contributed by atoms with E-state index in [-0.39, 0.29) is 0 Å². The Balaban J connectivity index is 1.70. The number of aromatic nitrogens is 1. The van der Waals surface area contributed by atoms with Crippen LogP contribution in [0.3, 0.4) is 0 Å². The van der Waals surface area contributed by atoms with Crippen molar-refractivity contribution in [1.82, 2.24) is 9.27 Å². The molecule has 106 valence electrons. The summed E-state index contributed by atoms with van der Waals surface area (Å²) in [4.78, 5) is 6.89. The van der Waals surface area contributed by atoms with Crippen molar-refractivity contribution in [2.24, 2.45) is 4.99 Å². The topological polar surface area (TPSA) is 37.7 Å². The molecule has 20 heavy (non-hydrogen) atoms. The van der Waals surface area contributed by atoms with Crippen molar-refractivity contribution < 1.29 is 4.74 Å². The van der Waals surface area contributed by atoms with E-state index < -0.39 is 0 Å². The van der Waals surface area contributed by atoms with Crippen molar-refractivity contribution in [3.8, 4) is 0 Å². The molecule has 1 fully saturated rings. The van der Waals surface area contributed by atoms with Crippen molar-refractivity contribution in [1.29, 1.82) is 0 Å². The standard InChI is InChI=1S/C13H14ClN3OS2/c14-12-13(19-20-16-12)15-11-3-1-10(2-4-11)9-17-5-7-18-8-6-17/h1-4H,5-9H2. The Bertz CT molecular complexity index is 617. The van der Waals surface area contributed by atoms with Crippen molar-refractivity contribution >= 4 is 38.2 Å². The summed E-state index contributed by atoms with van der Waals surface area (Å²) in [7, 11) is 2.85. The highest BCUT2D eigenvalue weighted by atomic mass is 35.5. The lowest BCUT2D eigenvalue weighted by Crippen LogP contribution is -2.35. The van der Waals surface area contributed by atoms with Crippen LogP contribution in [0.4, 0.5) is 5.69 Å². The fraction of sp³-hybridized carbons (Fsp3) is 0.385. The highest BCUT2D eigenvalue weighted by Crippen LogP contribution is 2.16. The van der Waals surface area contributed by atoms with Crippen LogP contribution < -0.4 is 4.67 Å². The summed E-state index contributed by atoms with van der Waals surface area (Å²) in [5.74, 6) is 0.